The molecule has 148 valence electrons. The van der Waals surface area contributed by atoms with Gasteiger partial charge >= 0.3 is 6.03 Å². The van der Waals surface area contributed by atoms with E-state index in [4.69, 9.17) is 0 Å². The van der Waals surface area contributed by atoms with Crippen molar-refractivity contribution in [3.8, 4) is 0 Å². The summed E-state index contributed by atoms with van der Waals surface area (Å²) in [6, 6.07) is 7.16. The molecule has 1 aliphatic heterocycles. The van der Waals surface area contributed by atoms with Crippen LogP contribution in [0.25, 0.3) is 10.2 Å². The van der Waals surface area contributed by atoms with Gasteiger partial charge in [0.15, 0.2) is 15.0 Å². The number of amides is 2. The standard InChI is InChI=1S/C18H26N4O3S2/c1-3-21(4-2)10-11-22(14-9-12-27(24,25)13-14)18(23)20-17-19-15-7-5-6-8-16(15)26-17/h5-8,14H,3-4,9-13H2,1-2H3,(H,19,20,23)/t14-/m1/s1. The molecule has 2 heterocycles. The van der Waals surface area contributed by atoms with Gasteiger partial charge in [0.2, 0.25) is 0 Å². The highest BCUT2D eigenvalue weighted by molar-refractivity contribution is 7.91. The molecule has 27 heavy (non-hydrogen) atoms. The Kier molecular flexibility index (Phi) is 6.33. The lowest BCUT2D eigenvalue weighted by molar-refractivity contribution is 0.178. The quantitative estimate of drug-likeness (QED) is 0.759. The van der Waals surface area contributed by atoms with E-state index in [1.54, 1.807) is 4.90 Å². The van der Waals surface area contributed by atoms with Crippen LogP contribution >= 0.6 is 11.3 Å². The summed E-state index contributed by atoms with van der Waals surface area (Å²) < 4.78 is 24.8. The van der Waals surface area contributed by atoms with Crippen LogP contribution in [0.15, 0.2) is 24.3 Å². The average molecular weight is 411 g/mol. The van der Waals surface area contributed by atoms with Crippen molar-refractivity contribution in [1.29, 1.82) is 0 Å². The van der Waals surface area contributed by atoms with Crippen LogP contribution < -0.4 is 5.32 Å². The van der Waals surface area contributed by atoms with Gasteiger partial charge in [-0.25, -0.2) is 18.2 Å². The smallest absolute Gasteiger partial charge is 0.319 e. The molecule has 1 atom stereocenters. The number of anilines is 1. The number of para-hydroxylation sites is 1. The van der Waals surface area contributed by atoms with Gasteiger partial charge in [0.05, 0.1) is 21.7 Å². The van der Waals surface area contributed by atoms with Crippen molar-refractivity contribution in [2.24, 2.45) is 0 Å². The first kappa shape index (κ1) is 20.0. The maximum absolute atomic E-state index is 12.9. The molecule has 1 N–H and O–H groups in total. The lowest BCUT2D eigenvalue weighted by Gasteiger charge is -2.30. The van der Waals surface area contributed by atoms with E-state index >= 15 is 0 Å². The molecule has 1 aromatic heterocycles. The van der Waals surface area contributed by atoms with Gasteiger partial charge in [0.1, 0.15) is 0 Å². The average Bonchev–Trinajstić information content (AvgIpc) is 3.20. The summed E-state index contributed by atoms with van der Waals surface area (Å²) in [6.45, 7) is 7.17. The van der Waals surface area contributed by atoms with Crippen LogP contribution in [-0.2, 0) is 9.84 Å². The molecule has 1 aromatic carbocycles. The number of rotatable bonds is 7. The highest BCUT2D eigenvalue weighted by atomic mass is 32.2. The number of aromatic nitrogens is 1. The van der Waals surface area contributed by atoms with Gasteiger partial charge < -0.3 is 9.80 Å². The number of carbonyl (C=O) groups excluding carboxylic acids is 1. The summed E-state index contributed by atoms with van der Waals surface area (Å²) in [5, 5.41) is 3.41. The number of sulfone groups is 1. The minimum absolute atomic E-state index is 0.0402. The molecule has 1 saturated heterocycles. The van der Waals surface area contributed by atoms with Gasteiger partial charge in [-0.1, -0.05) is 37.3 Å². The highest BCUT2D eigenvalue weighted by Crippen LogP contribution is 2.26. The molecule has 1 aliphatic rings. The van der Waals surface area contributed by atoms with Crippen LogP contribution in [-0.4, -0.2) is 73.0 Å². The third kappa shape index (κ3) is 4.97. The number of nitrogens with one attached hydrogen (secondary N) is 1. The predicted molar refractivity (Wildman–Crippen MR) is 110 cm³/mol. The van der Waals surface area contributed by atoms with E-state index in [0.717, 1.165) is 29.9 Å². The number of urea groups is 1. The normalized spacial score (nSPS) is 18.9. The summed E-state index contributed by atoms with van der Waals surface area (Å²) in [5.41, 5.74) is 0.843. The Bertz CT molecular complexity index is 860. The van der Waals surface area contributed by atoms with Crippen molar-refractivity contribution in [3.05, 3.63) is 24.3 Å². The molecule has 2 aromatic rings. The van der Waals surface area contributed by atoms with Gasteiger partial charge in [-0.2, -0.15) is 0 Å². The zero-order valence-electron chi connectivity index (χ0n) is 15.7. The molecular weight excluding hydrogens is 384 g/mol. The van der Waals surface area contributed by atoms with Gasteiger partial charge in [-0.05, 0) is 31.6 Å². The van der Waals surface area contributed by atoms with Crippen LogP contribution in [0, 0.1) is 0 Å². The molecule has 1 fully saturated rings. The minimum Gasteiger partial charge on any atom is -0.319 e. The zero-order valence-corrected chi connectivity index (χ0v) is 17.4. The van der Waals surface area contributed by atoms with Crippen molar-refractivity contribution in [3.63, 3.8) is 0 Å². The fourth-order valence-electron chi connectivity index (χ4n) is 3.35. The molecule has 0 unspecified atom stereocenters. The number of hydrogen-bond donors (Lipinski definition) is 1. The number of carbonyl (C=O) groups is 1. The minimum atomic E-state index is -3.07. The second kappa shape index (κ2) is 8.53. The number of hydrogen-bond acceptors (Lipinski definition) is 6. The fourth-order valence-corrected chi connectivity index (χ4v) is 5.94. The summed E-state index contributed by atoms with van der Waals surface area (Å²) in [4.78, 5) is 21.3. The topological polar surface area (TPSA) is 82.6 Å². The van der Waals surface area contributed by atoms with E-state index in [0.29, 0.717) is 18.1 Å². The van der Waals surface area contributed by atoms with E-state index in [-0.39, 0.29) is 23.6 Å². The first-order valence-electron chi connectivity index (χ1n) is 9.28. The van der Waals surface area contributed by atoms with Crippen molar-refractivity contribution >= 4 is 42.6 Å². The molecule has 0 aliphatic carbocycles. The monoisotopic (exact) mass is 410 g/mol. The van der Waals surface area contributed by atoms with E-state index < -0.39 is 9.84 Å². The number of likely N-dealkylation sites (N-methyl/N-ethyl adjacent to an activating group) is 1. The van der Waals surface area contributed by atoms with Gasteiger partial charge in [-0.15, -0.1) is 0 Å². The zero-order chi connectivity index (χ0) is 19.4. The fraction of sp³-hybridized carbons (Fsp3) is 0.556. The van der Waals surface area contributed by atoms with Crippen LogP contribution in [0.5, 0.6) is 0 Å². The van der Waals surface area contributed by atoms with Crippen LogP contribution in [0.2, 0.25) is 0 Å². The Morgan fingerprint density at radius 3 is 2.63 bits per heavy atom. The summed E-state index contributed by atoms with van der Waals surface area (Å²) >= 11 is 1.42. The Balaban J connectivity index is 1.74. The number of thiazole rings is 1. The lowest BCUT2D eigenvalue weighted by Crippen LogP contribution is -2.47. The number of benzene rings is 1. The lowest BCUT2D eigenvalue weighted by atomic mass is 10.2. The van der Waals surface area contributed by atoms with Crippen molar-refractivity contribution < 1.29 is 13.2 Å². The second-order valence-corrected chi connectivity index (χ2v) is 9.95. The van der Waals surface area contributed by atoms with Gasteiger partial charge in [-0.3, -0.25) is 5.32 Å². The first-order valence-corrected chi connectivity index (χ1v) is 11.9. The predicted octanol–water partition coefficient (Wildman–Crippen LogP) is 2.66. The van der Waals surface area contributed by atoms with Crippen molar-refractivity contribution in [2.75, 3.05) is 43.0 Å². The molecule has 2 amide bonds. The number of nitrogens with zero attached hydrogens (tertiary/aromatic N) is 3. The van der Waals surface area contributed by atoms with Gasteiger partial charge in [0, 0.05) is 19.1 Å². The Morgan fingerprint density at radius 2 is 2.00 bits per heavy atom. The number of fused-ring (bicyclic) bond motifs is 1. The van der Waals surface area contributed by atoms with E-state index in [1.165, 1.54) is 11.3 Å². The summed E-state index contributed by atoms with van der Waals surface area (Å²) in [7, 11) is -3.07. The molecule has 0 radical (unpaired) electrons. The first-order chi connectivity index (χ1) is 12.9. The molecule has 0 spiro atoms. The Morgan fingerprint density at radius 1 is 1.26 bits per heavy atom. The third-order valence-corrected chi connectivity index (χ3v) is 7.67. The second-order valence-electron chi connectivity index (χ2n) is 6.69. The largest absolute Gasteiger partial charge is 0.323 e. The molecule has 9 heteroatoms. The maximum atomic E-state index is 12.9. The maximum Gasteiger partial charge on any atom is 0.323 e. The van der Waals surface area contributed by atoms with E-state index in [1.807, 2.05) is 24.3 Å². The van der Waals surface area contributed by atoms with Crippen molar-refractivity contribution in [2.45, 2.75) is 26.3 Å². The molecule has 0 bridgehead atoms. The van der Waals surface area contributed by atoms with E-state index in [9.17, 15) is 13.2 Å². The van der Waals surface area contributed by atoms with Crippen molar-refractivity contribution in [1.82, 2.24) is 14.8 Å². The van der Waals surface area contributed by atoms with Crippen LogP contribution in [0.1, 0.15) is 20.3 Å². The summed E-state index contributed by atoms with van der Waals surface area (Å²) in [6.07, 6.45) is 0.494. The van der Waals surface area contributed by atoms with Gasteiger partial charge in [0.25, 0.3) is 0 Å². The van der Waals surface area contributed by atoms with E-state index in [2.05, 4.69) is 29.0 Å². The van der Waals surface area contributed by atoms with Crippen LogP contribution in [0.4, 0.5) is 9.93 Å². The molecule has 7 nitrogen and oxygen atoms in total. The SMILES string of the molecule is CCN(CC)CCN(C(=O)Nc1nc2ccccc2s1)[C@@H]1CCS(=O)(=O)C1. The molecule has 0 saturated carbocycles. The highest BCUT2D eigenvalue weighted by Gasteiger charge is 2.35. The Hall–Kier alpha value is -1.71. The summed E-state index contributed by atoms with van der Waals surface area (Å²) in [5.74, 6) is 0.187. The van der Waals surface area contributed by atoms with Crippen LogP contribution in [0.3, 0.4) is 0 Å². The molecular formula is C18H26N4O3S2. The third-order valence-electron chi connectivity index (χ3n) is 4.97. The Labute approximate surface area is 164 Å². The molecule has 3 rings (SSSR count).